The highest BCUT2D eigenvalue weighted by Gasteiger charge is 2.33. The van der Waals surface area contributed by atoms with Gasteiger partial charge < -0.3 is 19.9 Å². The second-order valence-electron chi connectivity index (χ2n) is 7.61. The summed E-state index contributed by atoms with van der Waals surface area (Å²) in [7, 11) is 0. The summed E-state index contributed by atoms with van der Waals surface area (Å²) in [6.45, 7) is 6.67. The molecule has 3 aliphatic rings. The number of fused-ring (bicyclic) bond motifs is 3. The van der Waals surface area contributed by atoms with E-state index >= 15 is 0 Å². The fraction of sp³-hybridized carbons (Fsp3) is 0.579. The number of rotatable bonds is 3. The predicted octanol–water partition coefficient (Wildman–Crippen LogP) is 1.96. The normalized spacial score (nSPS) is 28.5. The van der Waals surface area contributed by atoms with E-state index in [4.69, 9.17) is 4.74 Å². The molecule has 26 heavy (non-hydrogen) atoms. The molecular formula is C19H24N4O2S. The van der Waals surface area contributed by atoms with E-state index in [1.807, 2.05) is 12.3 Å². The van der Waals surface area contributed by atoms with Crippen molar-refractivity contribution in [3.63, 3.8) is 0 Å². The molecule has 0 aromatic carbocycles. The van der Waals surface area contributed by atoms with Crippen LogP contribution in [0.3, 0.4) is 0 Å². The molecule has 0 saturated carbocycles. The number of aromatic nitrogens is 1. The molecular weight excluding hydrogens is 348 g/mol. The van der Waals surface area contributed by atoms with E-state index in [1.54, 1.807) is 11.3 Å². The van der Waals surface area contributed by atoms with Gasteiger partial charge in [0.2, 0.25) is 0 Å². The third-order valence-electron chi connectivity index (χ3n) is 5.83. The molecule has 3 fully saturated rings. The maximum absolute atomic E-state index is 12.8. The van der Waals surface area contributed by atoms with Gasteiger partial charge in [-0.15, -0.1) is 11.3 Å². The second kappa shape index (κ2) is 6.79. The maximum atomic E-state index is 12.8. The minimum atomic E-state index is -0.0430. The van der Waals surface area contributed by atoms with Crippen molar-refractivity contribution in [2.24, 2.45) is 5.92 Å². The van der Waals surface area contributed by atoms with E-state index in [1.165, 1.54) is 25.2 Å². The van der Waals surface area contributed by atoms with Crippen molar-refractivity contribution < 1.29 is 9.53 Å². The minimum absolute atomic E-state index is 0.0430. The van der Waals surface area contributed by atoms with Gasteiger partial charge in [0, 0.05) is 49.2 Å². The lowest BCUT2D eigenvalue weighted by molar-refractivity contribution is 0.0904. The number of piperidine rings is 1. The highest BCUT2D eigenvalue weighted by molar-refractivity contribution is 7.17. The first-order valence-electron chi connectivity index (χ1n) is 9.49. The van der Waals surface area contributed by atoms with Crippen LogP contribution in [0.2, 0.25) is 0 Å². The van der Waals surface area contributed by atoms with Crippen molar-refractivity contribution >= 4 is 33.0 Å². The zero-order chi connectivity index (χ0) is 17.5. The molecule has 5 rings (SSSR count). The number of nitrogens with zero attached hydrogens (tertiary/aromatic N) is 3. The van der Waals surface area contributed by atoms with Gasteiger partial charge in [0.15, 0.2) is 0 Å². The van der Waals surface area contributed by atoms with Crippen molar-refractivity contribution in [3.05, 3.63) is 23.3 Å². The number of amides is 1. The largest absolute Gasteiger partial charge is 0.378 e. The van der Waals surface area contributed by atoms with Crippen LogP contribution >= 0.6 is 11.3 Å². The van der Waals surface area contributed by atoms with Gasteiger partial charge >= 0.3 is 0 Å². The Labute approximate surface area is 157 Å². The highest BCUT2D eigenvalue weighted by Crippen LogP contribution is 2.33. The molecule has 7 heteroatoms. The Bertz CT molecular complexity index is 805. The smallest absolute Gasteiger partial charge is 0.270 e. The van der Waals surface area contributed by atoms with Gasteiger partial charge in [0.25, 0.3) is 5.91 Å². The number of carbonyl (C=O) groups excluding carboxylic acids is 1. The zero-order valence-electron chi connectivity index (χ0n) is 14.8. The highest BCUT2D eigenvalue weighted by atomic mass is 32.1. The summed E-state index contributed by atoms with van der Waals surface area (Å²) in [4.78, 5) is 22.0. The predicted molar refractivity (Wildman–Crippen MR) is 103 cm³/mol. The lowest BCUT2D eigenvalue weighted by Crippen LogP contribution is -2.47. The number of nitrogens with one attached hydrogen (secondary N) is 1. The molecule has 0 aliphatic carbocycles. The van der Waals surface area contributed by atoms with Gasteiger partial charge in [-0.05, 0) is 31.4 Å². The van der Waals surface area contributed by atoms with Crippen molar-refractivity contribution in [2.75, 3.05) is 50.8 Å². The summed E-state index contributed by atoms with van der Waals surface area (Å²) < 4.78 is 6.59. The Morgan fingerprint density at radius 1 is 1.27 bits per heavy atom. The first-order valence-corrected chi connectivity index (χ1v) is 10.4. The lowest BCUT2D eigenvalue weighted by Gasteiger charge is -2.30. The van der Waals surface area contributed by atoms with E-state index in [9.17, 15) is 4.79 Å². The minimum Gasteiger partial charge on any atom is -0.378 e. The van der Waals surface area contributed by atoms with Crippen LogP contribution in [0.15, 0.2) is 17.6 Å². The SMILES string of the molecule is O=C(N[C@@H]1C[C@@H]2CCN(C2)C1)c1cc2c(N3CCOCC3)csc2cn1. The van der Waals surface area contributed by atoms with Crippen molar-refractivity contribution in [1.29, 1.82) is 0 Å². The van der Waals surface area contributed by atoms with Crippen molar-refractivity contribution in [1.82, 2.24) is 15.2 Å². The van der Waals surface area contributed by atoms with Crippen LogP contribution in [0.1, 0.15) is 23.3 Å². The molecule has 2 aromatic rings. The monoisotopic (exact) mass is 372 g/mol. The summed E-state index contributed by atoms with van der Waals surface area (Å²) in [6.07, 6.45) is 4.21. The van der Waals surface area contributed by atoms with E-state index in [0.717, 1.165) is 55.3 Å². The van der Waals surface area contributed by atoms with Crippen LogP contribution in [0.25, 0.3) is 10.1 Å². The fourth-order valence-corrected chi connectivity index (χ4v) is 5.44. The molecule has 1 unspecified atom stereocenters. The van der Waals surface area contributed by atoms with Gasteiger partial charge in [-0.3, -0.25) is 4.79 Å². The molecule has 3 aliphatic heterocycles. The number of ether oxygens (including phenoxy) is 1. The summed E-state index contributed by atoms with van der Waals surface area (Å²) in [6, 6.07) is 2.21. The molecule has 1 amide bonds. The molecule has 2 aromatic heterocycles. The van der Waals surface area contributed by atoms with Crippen molar-refractivity contribution in [3.8, 4) is 0 Å². The summed E-state index contributed by atoms with van der Waals surface area (Å²) in [5.74, 6) is 0.702. The average molecular weight is 372 g/mol. The Morgan fingerprint density at radius 3 is 3.00 bits per heavy atom. The number of pyridine rings is 1. The quantitative estimate of drug-likeness (QED) is 0.893. The zero-order valence-corrected chi connectivity index (χ0v) is 15.6. The van der Waals surface area contributed by atoms with E-state index in [-0.39, 0.29) is 11.9 Å². The van der Waals surface area contributed by atoms with Gasteiger partial charge in [0.1, 0.15) is 5.69 Å². The molecule has 5 heterocycles. The molecule has 3 saturated heterocycles. The summed E-state index contributed by atoms with van der Waals surface area (Å²) >= 11 is 1.69. The molecule has 0 spiro atoms. The third kappa shape index (κ3) is 3.08. The number of thiophene rings is 1. The standard InChI is InChI=1S/C19H24N4O2S/c24-19(21-14-7-13-1-2-22(10-13)11-14)16-8-15-17(12-26-18(15)9-20-16)23-3-5-25-6-4-23/h8-9,12-14H,1-7,10-11H2,(H,21,24)/t13-,14+/m0/s1. The average Bonchev–Trinajstić information content (AvgIpc) is 3.24. The Balaban J connectivity index is 1.35. The first kappa shape index (κ1) is 16.5. The molecule has 3 atom stereocenters. The molecule has 6 nitrogen and oxygen atoms in total. The first-order chi connectivity index (χ1) is 12.8. The number of anilines is 1. The molecule has 1 N–H and O–H groups in total. The Kier molecular flexibility index (Phi) is 4.30. The van der Waals surface area contributed by atoms with Crippen LogP contribution < -0.4 is 10.2 Å². The van der Waals surface area contributed by atoms with Crippen LogP contribution in [0, 0.1) is 5.92 Å². The maximum Gasteiger partial charge on any atom is 0.270 e. The third-order valence-corrected chi connectivity index (χ3v) is 6.75. The van der Waals surface area contributed by atoms with E-state index in [0.29, 0.717) is 5.69 Å². The molecule has 2 bridgehead atoms. The fourth-order valence-electron chi connectivity index (χ4n) is 4.52. The van der Waals surface area contributed by atoms with Crippen LogP contribution in [0.4, 0.5) is 5.69 Å². The van der Waals surface area contributed by atoms with Gasteiger partial charge in [0.05, 0.1) is 23.6 Å². The molecule has 138 valence electrons. The van der Waals surface area contributed by atoms with Gasteiger partial charge in [-0.2, -0.15) is 0 Å². The Morgan fingerprint density at radius 2 is 2.15 bits per heavy atom. The Hall–Kier alpha value is -1.70. The summed E-state index contributed by atoms with van der Waals surface area (Å²) in [5, 5.41) is 6.52. The van der Waals surface area contributed by atoms with Crippen LogP contribution in [-0.4, -0.2) is 67.8 Å². The molecule has 0 radical (unpaired) electrons. The van der Waals surface area contributed by atoms with Crippen LogP contribution in [-0.2, 0) is 4.74 Å². The number of morpholine rings is 1. The van der Waals surface area contributed by atoms with E-state index < -0.39 is 0 Å². The van der Waals surface area contributed by atoms with E-state index in [2.05, 4.69) is 25.5 Å². The second-order valence-corrected chi connectivity index (χ2v) is 8.52. The number of hydrogen-bond acceptors (Lipinski definition) is 6. The topological polar surface area (TPSA) is 57.7 Å². The van der Waals surface area contributed by atoms with Gasteiger partial charge in [-0.25, -0.2) is 4.98 Å². The number of carbonyl (C=O) groups is 1. The number of hydrogen-bond donors (Lipinski definition) is 1. The summed E-state index contributed by atoms with van der Waals surface area (Å²) in [5.41, 5.74) is 1.73. The van der Waals surface area contributed by atoms with Crippen molar-refractivity contribution in [2.45, 2.75) is 18.9 Å². The lowest BCUT2D eigenvalue weighted by atomic mass is 9.97. The van der Waals surface area contributed by atoms with Gasteiger partial charge in [-0.1, -0.05) is 0 Å². The van der Waals surface area contributed by atoms with Crippen LogP contribution in [0.5, 0.6) is 0 Å².